The van der Waals surface area contributed by atoms with Gasteiger partial charge in [0, 0.05) is 23.3 Å². The summed E-state index contributed by atoms with van der Waals surface area (Å²) in [5.74, 6) is 1.46. The second-order valence-corrected chi connectivity index (χ2v) is 4.57. The highest BCUT2D eigenvalue weighted by Gasteiger charge is 2.09. The molecule has 0 saturated carbocycles. The molecule has 21 heavy (non-hydrogen) atoms. The Kier molecular flexibility index (Phi) is 3.69. The second kappa shape index (κ2) is 5.79. The van der Waals surface area contributed by atoms with Crippen molar-refractivity contribution in [3.05, 3.63) is 48.8 Å². The molecule has 0 atom stereocenters. The third-order valence-corrected chi connectivity index (χ3v) is 3.26. The van der Waals surface area contributed by atoms with E-state index in [2.05, 4.69) is 9.97 Å². The minimum atomic E-state index is 0.577. The number of rotatable bonds is 4. The van der Waals surface area contributed by atoms with Gasteiger partial charge in [-0.05, 0) is 48.7 Å². The molecule has 0 aliphatic heterocycles. The van der Waals surface area contributed by atoms with Crippen molar-refractivity contribution >= 4 is 10.8 Å². The normalized spacial score (nSPS) is 10.6. The summed E-state index contributed by atoms with van der Waals surface area (Å²) in [5.41, 5.74) is 1.87. The number of fused-ring (bicyclic) bond motifs is 1. The molecule has 106 valence electrons. The molecule has 2 heterocycles. The minimum Gasteiger partial charge on any atom is -0.497 e. The molecule has 0 bridgehead atoms. The zero-order chi connectivity index (χ0) is 14.7. The number of aromatic nitrogens is 2. The summed E-state index contributed by atoms with van der Waals surface area (Å²) in [6, 6.07) is 11.8. The molecule has 0 aliphatic rings. The Bertz CT molecular complexity index is 757. The highest BCUT2D eigenvalue weighted by molar-refractivity contribution is 5.91. The highest BCUT2D eigenvalue weighted by Crippen LogP contribution is 2.31. The molecule has 0 spiro atoms. The number of benzene rings is 1. The summed E-state index contributed by atoms with van der Waals surface area (Å²) in [6.45, 7) is 2.53. The summed E-state index contributed by atoms with van der Waals surface area (Å²) < 4.78 is 11.0. The first-order chi connectivity index (χ1) is 10.3. The zero-order valence-corrected chi connectivity index (χ0v) is 12.0. The van der Waals surface area contributed by atoms with E-state index in [0.717, 1.165) is 27.8 Å². The fourth-order valence-electron chi connectivity index (χ4n) is 2.25. The third kappa shape index (κ3) is 2.65. The fourth-order valence-corrected chi connectivity index (χ4v) is 2.25. The number of ether oxygens (including phenoxy) is 2. The first kappa shape index (κ1) is 13.4. The molecule has 4 heteroatoms. The molecular weight excluding hydrogens is 264 g/mol. The van der Waals surface area contributed by atoms with Crippen molar-refractivity contribution in [1.82, 2.24) is 9.97 Å². The van der Waals surface area contributed by atoms with E-state index in [4.69, 9.17) is 9.47 Å². The van der Waals surface area contributed by atoms with E-state index in [1.165, 1.54) is 0 Å². The van der Waals surface area contributed by atoms with E-state index in [9.17, 15) is 0 Å². The molecule has 3 aromatic rings. The lowest BCUT2D eigenvalue weighted by molar-refractivity contribution is 0.331. The molecule has 0 amide bonds. The van der Waals surface area contributed by atoms with E-state index >= 15 is 0 Å². The van der Waals surface area contributed by atoms with Crippen LogP contribution in [-0.4, -0.2) is 23.7 Å². The van der Waals surface area contributed by atoms with Crippen molar-refractivity contribution in [2.45, 2.75) is 6.92 Å². The number of hydrogen-bond donors (Lipinski definition) is 0. The Morgan fingerprint density at radius 2 is 1.86 bits per heavy atom. The summed E-state index contributed by atoms with van der Waals surface area (Å²) in [4.78, 5) is 8.67. The van der Waals surface area contributed by atoms with Gasteiger partial charge in [0.05, 0.1) is 19.4 Å². The standard InChI is InChI=1S/C17H16N2O2/c1-3-21-17-15-5-4-14(20-2)10-13(15)11-16(19-17)12-6-8-18-9-7-12/h4-11H,3H2,1-2H3. The van der Waals surface area contributed by atoms with Gasteiger partial charge in [-0.2, -0.15) is 0 Å². The monoisotopic (exact) mass is 280 g/mol. The SMILES string of the molecule is CCOc1nc(-c2ccncc2)cc2cc(OC)ccc12. The van der Waals surface area contributed by atoms with Crippen LogP contribution in [0.15, 0.2) is 48.8 Å². The zero-order valence-electron chi connectivity index (χ0n) is 12.0. The van der Waals surface area contributed by atoms with Crippen LogP contribution in [0.5, 0.6) is 11.6 Å². The van der Waals surface area contributed by atoms with Crippen LogP contribution < -0.4 is 9.47 Å². The Balaban J connectivity index is 2.22. The lowest BCUT2D eigenvalue weighted by Gasteiger charge is -2.11. The van der Waals surface area contributed by atoms with Crippen LogP contribution in [0.1, 0.15) is 6.92 Å². The van der Waals surface area contributed by atoms with Gasteiger partial charge in [0.2, 0.25) is 5.88 Å². The number of hydrogen-bond acceptors (Lipinski definition) is 4. The van der Waals surface area contributed by atoms with E-state index in [0.29, 0.717) is 12.5 Å². The smallest absolute Gasteiger partial charge is 0.221 e. The van der Waals surface area contributed by atoms with Gasteiger partial charge in [0.1, 0.15) is 5.75 Å². The van der Waals surface area contributed by atoms with Crippen molar-refractivity contribution in [2.24, 2.45) is 0 Å². The third-order valence-electron chi connectivity index (χ3n) is 3.26. The van der Waals surface area contributed by atoms with Gasteiger partial charge in [0.25, 0.3) is 0 Å². The predicted molar refractivity (Wildman–Crippen MR) is 82.7 cm³/mol. The molecule has 0 N–H and O–H groups in total. The summed E-state index contributed by atoms with van der Waals surface area (Å²) in [6.07, 6.45) is 3.51. The maximum atomic E-state index is 5.69. The maximum absolute atomic E-state index is 5.69. The number of pyridine rings is 2. The van der Waals surface area contributed by atoms with E-state index in [-0.39, 0.29) is 0 Å². The summed E-state index contributed by atoms with van der Waals surface area (Å²) >= 11 is 0. The van der Waals surface area contributed by atoms with Crippen LogP contribution in [0.3, 0.4) is 0 Å². The minimum absolute atomic E-state index is 0.577. The van der Waals surface area contributed by atoms with Gasteiger partial charge in [-0.15, -0.1) is 0 Å². The predicted octanol–water partition coefficient (Wildman–Crippen LogP) is 3.70. The molecule has 0 unspecified atom stereocenters. The molecule has 0 radical (unpaired) electrons. The highest BCUT2D eigenvalue weighted by atomic mass is 16.5. The number of nitrogens with zero attached hydrogens (tertiary/aromatic N) is 2. The molecule has 1 aromatic carbocycles. The Labute approximate surface area is 123 Å². The van der Waals surface area contributed by atoms with Crippen LogP contribution in [0.2, 0.25) is 0 Å². The molecule has 0 fully saturated rings. The topological polar surface area (TPSA) is 44.2 Å². The quantitative estimate of drug-likeness (QED) is 0.731. The van der Waals surface area contributed by atoms with Crippen LogP contribution in [-0.2, 0) is 0 Å². The maximum Gasteiger partial charge on any atom is 0.221 e. The van der Waals surface area contributed by atoms with Gasteiger partial charge in [0.15, 0.2) is 0 Å². The molecule has 3 rings (SSSR count). The lowest BCUT2D eigenvalue weighted by Crippen LogP contribution is -1.97. The largest absolute Gasteiger partial charge is 0.497 e. The summed E-state index contributed by atoms with van der Waals surface area (Å²) in [7, 11) is 1.66. The molecular formula is C17H16N2O2. The van der Waals surface area contributed by atoms with Crippen molar-refractivity contribution < 1.29 is 9.47 Å². The lowest BCUT2D eigenvalue weighted by atomic mass is 10.1. The van der Waals surface area contributed by atoms with Gasteiger partial charge in [-0.25, -0.2) is 4.98 Å². The molecule has 0 saturated heterocycles. The summed E-state index contributed by atoms with van der Waals surface area (Å²) in [5, 5.41) is 2.02. The van der Waals surface area contributed by atoms with Crippen LogP contribution in [0, 0.1) is 0 Å². The Morgan fingerprint density at radius 3 is 2.57 bits per heavy atom. The van der Waals surface area contributed by atoms with E-state index in [1.54, 1.807) is 19.5 Å². The van der Waals surface area contributed by atoms with Gasteiger partial charge < -0.3 is 9.47 Å². The van der Waals surface area contributed by atoms with Crippen LogP contribution in [0.4, 0.5) is 0 Å². The molecule has 0 aliphatic carbocycles. The van der Waals surface area contributed by atoms with E-state index < -0.39 is 0 Å². The van der Waals surface area contributed by atoms with Crippen LogP contribution >= 0.6 is 0 Å². The molecule has 4 nitrogen and oxygen atoms in total. The fraction of sp³-hybridized carbons (Fsp3) is 0.176. The van der Waals surface area contributed by atoms with Crippen molar-refractivity contribution in [3.8, 4) is 22.9 Å². The second-order valence-electron chi connectivity index (χ2n) is 4.57. The van der Waals surface area contributed by atoms with Crippen molar-refractivity contribution in [2.75, 3.05) is 13.7 Å². The first-order valence-electron chi connectivity index (χ1n) is 6.84. The average molecular weight is 280 g/mol. The van der Waals surface area contributed by atoms with Gasteiger partial charge in [-0.1, -0.05) is 0 Å². The van der Waals surface area contributed by atoms with Crippen LogP contribution in [0.25, 0.3) is 22.0 Å². The molecule has 2 aromatic heterocycles. The Morgan fingerprint density at radius 1 is 1.05 bits per heavy atom. The van der Waals surface area contributed by atoms with Gasteiger partial charge >= 0.3 is 0 Å². The number of methoxy groups -OCH3 is 1. The van der Waals surface area contributed by atoms with E-state index in [1.807, 2.05) is 43.3 Å². The Hall–Kier alpha value is -2.62. The van der Waals surface area contributed by atoms with Crippen molar-refractivity contribution in [1.29, 1.82) is 0 Å². The first-order valence-corrected chi connectivity index (χ1v) is 6.84. The van der Waals surface area contributed by atoms with Crippen molar-refractivity contribution in [3.63, 3.8) is 0 Å². The average Bonchev–Trinajstić information content (AvgIpc) is 2.55. The van der Waals surface area contributed by atoms with Gasteiger partial charge in [-0.3, -0.25) is 4.98 Å².